The molecule has 0 bridgehead atoms. The molecule has 1 aromatic heterocycles. The zero-order valence-electron chi connectivity index (χ0n) is 16.3. The van der Waals surface area contributed by atoms with Crippen molar-refractivity contribution in [3.8, 4) is 0 Å². The number of aliphatic hydroxyl groups excluding tert-OH is 1. The van der Waals surface area contributed by atoms with E-state index in [-0.39, 0.29) is 12.5 Å². The quantitative estimate of drug-likeness (QED) is 0.657. The fraction of sp³-hybridized carbons (Fsp3) is 0.381. The van der Waals surface area contributed by atoms with Gasteiger partial charge in [0.25, 0.3) is 0 Å². The van der Waals surface area contributed by atoms with Gasteiger partial charge in [-0.05, 0) is 54.7 Å². The molecule has 3 N–H and O–H groups in total. The molecule has 1 aromatic carbocycles. The van der Waals surface area contributed by atoms with Gasteiger partial charge in [0.15, 0.2) is 0 Å². The van der Waals surface area contributed by atoms with Gasteiger partial charge in [-0.1, -0.05) is 0 Å². The molecule has 3 amide bonds. The van der Waals surface area contributed by atoms with Gasteiger partial charge in [-0.2, -0.15) is 0 Å². The van der Waals surface area contributed by atoms with Crippen molar-refractivity contribution >= 4 is 29.1 Å². The number of aryl methyl sites for hydroxylation is 2. The summed E-state index contributed by atoms with van der Waals surface area (Å²) >= 11 is 0. The van der Waals surface area contributed by atoms with E-state index in [9.17, 15) is 19.5 Å². The highest BCUT2D eigenvalue weighted by atomic mass is 16.3. The van der Waals surface area contributed by atoms with Gasteiger partial charge < -0.3 is 25.2 Å². The minimum Gasteiger partial charge on any atom is -0.387 e. The van der Waals surface area contributed by atoms with Gasteiger partial charge in [-0.15, -0.1) is 0 Å². The van der Waals surface area contributed by atoms with Crippen molar-refractivity contribution in [3.05, 3.63) is 47.3 Å². The Kier molecular flexibility index (Phi) is 5.10. The molecule has 8 heteroatoms. The van der Waals surface area contributed by atoms with Gasteiger partial charge in [0.2, 0.25) is 5.91 Å². The third-order valence-electron chi connectivity index (χ3n) is 5.50. The smallest absolute Gasteiger partial charge is 0.313 e. The van der Waals surface area contributed by atoms with Gasteiger partial charge in [0.05, 0.1) is 18.2 Å². The number of hydrogen-bond donors (Lipinski definition) is 3. The molecule has 0 saturated carbocycles. The predicted molar refractivity (Wildman–Crippen MR) is 107 cm³/mol. The van der Waals surface area contributed by atoms with E-state index >= 15 is 0 Å². The highest BCUT2D eigenvalue weighted by Crippen LogP contribution is 2.38. The Hall–Kier alpha value is -3.13. The third kappa shape index (κ3) is 3.75. The van der Waals surface area contributed by atoms with E-state index in [0.717, 1.165) is 41.9 Å². The maximum atomic E-state index is 12.2. The molecule has 0 radical (unpaired) electrons. The monoisotopic (exact) mass is 396 g/mol. The lowest BCUT2D eigenvalue weighted by Gasteiger charge is -2.26. The summed E-state index contributed by atoms with van der Waals surface area (Å²) in [5, 5.41) is 15.3. The summed E-state index contributed by atoms with van der Waals surface area (Å²) < 4.78 is 1.81. The number of nitrogens with zero attached hydrogens (tertiary/aromatic N) is 2. The van der Waals surface area contributed by atoms with E-state index in [2.05, 4.69) is 10.6 Å². The Bertz CT molecular complexity index is 981. The molecule has 8 nitrogen and oxygen atoms in total. The number of carbonyl (C=O) groups is 3. The summed E-state index contributed by atoms with van der Waals surface area (Å²) in [4.78, 5) is 38.3. The Labute approximate surface area is 168 Å². The number of benzene rings is 1. The third-order valence-corrected chi connectivity index (χ3v) is 5.50. The standard InChI is InChI=1S/C21H24N4O4/c1-24-8-3-5-16(24)17(26)6-7-22-20(28)21(29)23-15-10-13-4-2-9-25-18(27)12-14(11-15)19(13)25/h3,5,8,10-11,17,26H,2,4,6-7,9,12H2,1H3,(H,22,28)(H,23,29)/t17-/m1/s1. The number of aromatic nitrogens is 1. The second-order valence-electron chi connectivity index (χ2n) is 7.53. The largest absolute Gasteiger partial charge is 0.387 e. The Morgan fingerprint density at radius 3 is 2.79 bits per heavy atom. The van der Waals surface area contributed by atoms with E-state index in [1.807, 2.05) is 40.9 Å². The Morgan fingerprint density at radius 1 is 1.24 bits per heavy atom. The molecule has 0 saturated heterocycles. The first kappa shape index (κ1) is 19.2. The molecule has 2 aliphatic rings. The fourth-order valence-corrected chi connectivity index (χ4v) is 4.11. The van der Waals surface area contributed by atoms with Crippen LogP contribution in [0.3, 0.4) is 0 Å². The number of amides is 3. The molecular weight excluding hydrogens is 372 g/mol. The zero-order chi connectivity index (χ0) is 20.5. The van der Waals surface area contributed by atoms with Crippen molar-refractivity contribution in [3.63, 3.8) is 0 Å². The molecule has 0 unspecified atom stereocenters. The summed E-state index contributed by atoms with van der Waals surface area (Å²) in [6.07, 6.45) is 3.48. The van der Waals surface area contributed by atoms with Crippen molar-refractivity contribution < 1.29 is 19.5 Å². The first-order valence-corrected chi connectivity index (χ1v) is 9.78. The number of anilines is 2. The number of rotatable bonds is 5. The summed E-state index contributed by atoms with van der Waals surface area (Å²) in [7, 11) is 1.83. The van der Waals surface area contributed by atoms with Crippen LogP contribution in [0.25, 0.3) is 0 Å². The molecule has 4 rings (SSSR count). The van der Waals surface area contributed by atoms with Gasteiger partial charge in [0, 0.05) is 37.7 Å². The normalized spacial score (nSPS) is 15.8. The van der Waals surface area contributed by atoms with E-state index in [4.69, 9.17) is 0 Å². The van der Waals surface area contributed by atoms with Crippen LogP contribution in [-0.4, -0.2) is 40.5 Å². The molecule has 1 atom stereocenters. The van der Waals surface area contributed by atoms with E-state index in [1.165, 1.54) is 0 Å². The lowest BCUT2D eigenvalue weighted by molar-refractivity contribution is -0.136. The zero-order valence-corrected chi connectivity index (χ0v) is 16.3. The van der Waals surface area contributed by atoms with Crippen LogP contribution >= 0.6 is 0 Å². The molecule has 0 aliphatic carbocycles. The lowest BCUT2D eigenvalue weighted by Crippen LogP contribution is -2.36. The van der Waals surface area contributed by atoms with Crippen molar-refractivity contribution in [2.75, 3.05) is 23.3 Å². The Balaban J connectivity index is 1.34. The fourth-order valence-electron chi connectivity index (χ4n) is 4.11. The van der Waals surface area contributed by atoms with Crippen LogP contribution in [-0.2, 0) is 34.3 Å². The molecule has 0 spiro atoms. The molecule has 29 heavy (non-hydrogen) atoms. The van der Waals surface area contributed by atoms with Crippen molar-refractivity contribution in [2.45, 2.75) is 31.8 Å². The maximum Gasteiger partial charge on any atom is 0.313 e. The van der Waals surface area contributed by atoms with Crippen molar-refractivity contribution in [2.24, 2.45) is 7.05 Å². The SMILES string of the molecule is Cn1cccc1[C@H](O)CCNC(=O)C(=O)Nc1cc2c3c(c1)CC(=O)N3CCC2. The highest BCUT2D eigenvalue weighted by Gasteiger charge is 2.32. The highest BCUT2D eigenvalue weighted by molar-refractivity contribution is 6.39. The summed E-state index contributed by atoms with van der Waals surface area (Å²) in [5.41, 5.74) is 4.17. The van der Waals surface area contributed by atoms with Crippen molar-refractivity contribution in [1.29, 1.82) is 0 Å². The summed E-state index contributed by atoms with van der Waals surface area (Å²) in [6, 6.07) is 7.26. The van der Waals surface area contributed by atoms with Crippen LogP contribution in [0.2, 0.25) is 0 Å². The molecule has 152 valence electrons. The Morgan fingerprint density at radius 2 is 2.03 bits per heavy atom. The molecule has 3 heterocycles. The summed E-state index contributed by atoms with van der Waals surface area (Å²) in [5.74, 6) is -1.43. The van der Waals surface area contributed by atoms with E-state index in [1.54, 1.807) is 6.07 Å². The van der Waals surface area contributed by atoms with Crippen LogP contribution in [0.1, 0.15) is 35.8 Å². The number of nitrogens with one attached hydrogen (secondary N) is 2. The number of carbonyl (C=O) groups excluding carboxylic acids is 3. The average molecular weight is 396 g/mol. The average Bonchev–Trinajstić information content (AvgIpc) is 3.26. The van der Waals surface area contributed by atoms with E-state index < -0.39 is 17.9 Å². The lowest BCUT2D eigenvalue weighted by atomic mass is 9.99. The van der Waals surface area contributed by atoms with Gasteiger partial charge in [-0.25, -0.2) is 0 Å². The second kappa shape index (κ2) is 7.71. The second-order valence-corrected chi connectivity index (χ2v) is 7.53. The van der Waals surface area contributed by atoms with Crippen LogP contribution in [0.15, 0.2) is 30.5 Å². The van der Waals surface area contributed by atoms with E-state index in [0.29, 0.717) is 18.5 Å². The van der Waals surface area contributed by atoms with Crippen LogP contribution in [0.5, 0.6) is 0 Å². The summed E-state index contributed by atoms with van der Waals surface area (Å²) in [6.45, 7) is 0.916. The minimum atomic E-state index is -0.762. The maximum absolute atomic E-state index is 12.2. The number of hydrogen-bond acceptors (Lipinski definition) is 4. The van der Waals surface area contributed by atoms with Crippen LogP contribution in [0.4, 0.5) is 11.4 Å². The first-order valence-electron chi connectivity index (χ1n) is 9.78. The van der Waals surface area contributed by atoms with Crippen LogP contribution < -0.4 is 15.5 Å². The topological polar surface area (TPSA) is 104 Å². The van der Waals surface area contributed by atoms with Gasteiger partial charge >= 0.3 is 11.8 Å². The molecule has 0 fully saturated rings. The molecular formula is C21H24N4O4. The molecule has 2 aliphatic heterocycles. The molecule has 2 aromatic rings. The van der Waals surface area contributed by atoms with Crippen molar-refractivity contribution in [1.82, 2.24) is 9.88 Å². The first-order chi connectivity index (χ1) is 13.9. The van der Waals surface area contributed by atoms with Crippen LogP contribution in [0, 0.1) is 0 Å². The van der Waals surface area contributed by atoms with Gasteiger partial charge in [0.1, 0.15) is 0 Å². The van der Waals surface area contributed by atoms with Gasteiger partial charge in [-0.3, -0.25) is 14.4 Å². The number of aliphatic hydroxyl groups is 1. The predicted octanol–water partition coefficient (Wildman–Crippen LogP) is 1.04. The minimum absolute atomic E-state index is 0.0824.